The van der Waals surface area contributed by atoms with E-state index in [1.165, 1.54) is 12.1 Å². The van der Waals surface area contributed by atoms with Crippen molar-refractivity contribution < 1.29 is 19.5 Å². The molecule has 0 saturated carbocycles. The van der Waals surface area contributed by atoms with Crippen LogP contribution < -0.4 is 10.6 Å². The summed E-state index contributed by atoms with van der Waals surface area (Å²) in [7, 11) is 0. The van der Waals surface area contributed by atoms with Crippen molar-refractivity contribution in [3.05, 3.63) is 77.0 Å². The molecule has 2 atom stereocenters. The number of nitriles is 1. The number of rotatable bonds is 2. The molecular weight excluding hydrogens is 432 g/mol. The zero-order chi connectivity index (χ0) is 24.4. The molecule has 1 aromatic heterocycles. The van der Waals surface area contributed by atoms with Gasteiger partial charge in [-0.1, -0.05) is 30.3 Å². The Hall–Kier alpha value is -4.38. The number of carbonyl (C=O) groups is 3. The summed E-state index contributed by atoms with van der Waals surface area (Å²) in [4.78, 5) is 41.4. The molecule has 2 aliphatic rings. The van der Waals surface area contributed by atoms with Gasteiger partial charge in [-0.3, -0.25) is 14.4 Å². The quantitative estimate of drug-likeness (QED) is 0.404. The molecule has 0 saturated heterocycles. The Morgan fingerprint density at radius 1 is 1.09 bits per heavy atom. The first-order valence-corrected chi connectivity index (χ1v) is 10.8. The van der Waals surface area contributed by atoms with Crippen LogP contribution >= 0.6 is 0 Å². The van der Waals surface area contributed by atoms with Gasteiger partial charge in [0.2, 0.25) is 11.8 Å². The number of aromatic hydroxyl groups is 1. The molecule has 170 valence electrons. The number of carbonyl (C=O) groups excluding carboxylic acids is 3. The number of phenolic OH excluding ortho intramolecular Hbond substituents is 1. The highest BCUT2D eigenvalue weighted by molar-refractivity contribution is 6.25. The third-order valence-electron chi connectivity index (χ3n) is 6.57. The number of amides is 2. The molecule has 2 aliphatic heterocycles. The summed E-state index contributed by atoms with van der Waals surface area (Å²) >= 11 is 0. The predicted octanol–water partition coefficient (Wildman–Crippen LogP) is 3.51. The molecule has 0 bridgehead atoms. The molecule has 5 rings (SSSR count). The van der Waals surface area contributed by atoms with Gasteiger partial charge in [-0.25, -0.2) is 0 Å². The van der Waals surface area contributed by atoms with Gasteiger partial charge in [-0.15, -0.1) is 0 Å². The molecule has 2 unspecified atom stereocenters. The summed E-state index contributed by atoms with van der Waals surface area (Å²) in [5.41, 5.74) is -1.01. The lowest BCUT2D eigenvalue weighted by molar-refractivity contribution is -0.128. The maximum atomic E-state index is 13.9. The van der Waals surface area contributed by atoms with Gasteiger partial charge >= 0.3 is 0 Å². The second-order valence-corrected chi connectivity index (χ2v) is 9.53. The lowest BCUT2D eigenvalue weighted by Crippen LogP contribution is -2.55. The minimum atomic E-state index is -1.78. The molecule has 3 N–H and O–H groups in total. The van der Waals surface area contributed by atoms with E-state index in [0.717, 1.165) is 0 Å². The van der Waals surface area contributed by atoms with Crippen LogP contribution in [0, 0.1) is 17.2 Å². The first-order valence-electron chi connectivity index (χ1n) is 10.8. The summed E-state index contributed by atoms with van der Waals surface area (Å²) in [5, 5.41) is 26.1. The van der Waals surface area contributed by atoms with E-state index >= 15 is 0 Å². The van der Waals surface area contributed by atoms with Crippen LogP contribution in [0.4, 0.5) is 11.5 Å². The van der Waals surface area contributed by atoms with Gasteiger partial charge in [0.15, 0.2) is 5.78 Å². The number of nitrogens with zero attached hydrogens (tertiary/aromatic N) is 2. The Labute approximate surface area is 195 Å². The molecule has 2 aromatic carbocycles. The van der Waals surface area contributed by atoms with E-state index in [1.54, 1.807) is 47.2 Å². The van der Waals surface area contributed by atoms with Crippen LogP contribution in [-0.2, 0) is 20.5 Å². The average Bonchev–Trinajstić information content (AvgIpc) is 3.30. The van der Waals surface area contributed by atoms with E-state index in [2.05, 4.69) is 16.7 Å². The number of nitrogens with one attached hydrogen (secondary N) is 2. The normalized spacial score (nSPS) is 20.8. The number of Topliss-reactive ketones (excluding diaryl/α,β-unsaturated/α-hetero) is 1. The molecule has 8 nitrogen and oxygen atoms in total. The van der Waals surface area contributed by atoms with Crippen LogP contribution in [0.2, 0.25) is 0 Å². The Balaban J connectivity index is 1.90. The molecule has 8 heteroatoms. The van der Waals surface area contributed by atoms with Gasteiger partial charge in [-0.2, -0.15) is 5.26 Å². The Bertz CT molecular complexity index is 1440. The predicted molar refractivity (Wildman–Crippen MR) is 125 cm³/mol. The van der Waals surface area contributed by atoms with Crippen molar-refractivity contribution in [3.63, 3.8) is 0 Å². The molecule has 0 aliphatic carbocycles. The lowest BCUT2D eigenvalue weighted by atomic mass is 9.61. The molecule has 3 heterocycles. The first kappa shape index (κ1) is 21.5. The maximum Gasteiger partial charge on any atom is 0.241 e. The second-order valence-electron chi connectivity index (χ2n) is 9.53. The third kappa shape index (κ3) is 2.67. The van der Waals surface area contributed by atoms with Crippen LogP contribution in [0.5, 0.6) is 5.75 Å². The van der Waals surface area contributed by atoms with E-state index in [4.69, 9.17) is 0 Å². The minimum Gasteiger partial charge on any atom is -0.507 e. The average molecular weight is 454 g/mol. The fourth-order valence-electron chi connectivity index (χ4n) is 5.14. The van der Waals surface area contributed by atoms with E-state index in [9.17, 15) is 24.8 Å². The van der Waals surface area contributed by atoms with Crippen LogP contribution in [0.15, 0.2) is 54.7 Å². The van der Waals surface area contributed by atoms with Gasteiger partial charge in [0, 0.05) is 23.0 Å². The fourth-order valence-corrected chi connectivity index (χ4v) is 5.14. The standard InChI is InChI=1S/C26H22N4O4/c1-25(2,3)30-13-14(12-27)19-22(30)29-23(33)20(21(32)15-8-4-7-11-18(15)31)26(19)16-9-5-6-10-17(16)28-24(26)34/h4-11,13,20,31H,1-3H3,(H,28,34)(H,29,33). The number of para-hydroxylation sites is 2. The SMILES string of the molecule is CC(C)(C)n1cc(C#N)c2c1NC(=O)C(C(=O)c1ccccc1O)C21C(=O)Nc2ccccc21. The number of aromatic nitrogens is 1. The molecule has 0 radical (unpaired) electrons. The van der Waals surface area contributed by atoms with Gasteiger partial charge in [-0.05, 0) is 44.5 Å². The van der Waals surface area contributed by atoms with Crippen molar-refractivity contribution in [1.29, 1.82) is 5.26 Å². The first-order chi connectivity index (χ1) is 16.1. The van der Waals surface area contributed by atoms with Crippen LogP contribution in [-0.4, -0.2) is 27.3 Å². The zero-order valence-electron chi connectivity index (χ0n) is 18.8. The highest BCUT2D eigenvalue weighted by Gasteiger charge is 2.64. The molecule has 34 heavy (non-hydrogen) atoms. The number of phenols is 1. The van der Waals surface area contributed by atoms with Gasteiger partial charge in [0.1, 0.15) is 29.0 Å². The summed E-state index contributed by atoms with van der Waals surface area (Å²) in [5.74, 6) is -3.48. The summed E-state index contributed by atoms with van der Waals surface area (Å²) < 4.78 is 1.75. The smallest absolute Gasteiger partial charge is 0.241 e. The van der Waals surface area contributed by atoms with Crippen LogP contribution in [0.1, 0.15) is 47.8 Å². The highest BCUT2D eigenvalue weighted by Crippen LogP contribution is 2.55. The minimum absolute atomic E-state index is 0.0728. The van der Waals surface area contributed by atoms with E-state index in [-0.39, 0.29) is 22.4 Å². The van der Waals surface area contributed by atoms with E-state index < -0.39 is 34.5 Å². The summed E-state index contributed by atoms with van der Waals surface area (Å²) in [6.45, 7) is 5.74. The van der Waals surface area contributed by atoms with Gasteiger partial charge < -0.3 is 20.3 Å². The number of benzene rings is 2. The maximum absolute atomic E-state index is 13.9. The fraction of sp³-hybridized carbons (Fsp3) is 0.231. The number of hydrogen-bond donors (Lipinski definition) is 3. The third-order valence-corrected chi connectivity index (χ3v) is 6.57. The Morgan fingerprint density at radius 3 is 2.44 bits per heavy atom. The topological polar surface area (TPSA) is 124 Å². The number of anilines is 2. The van der Waals surface area contributed by atoms with Crippen molar-refractivity contribution in [2.24, 2.45) is 5.92 Å². The molecule has 0 fully saturated rings. The van der Waals surface area contributed by atoms with Crippen molar-refractivity contribution in [3.8, 4) is 11.8 Å². The van der Waals surface area contributed by atoms with E-state index in [1.807, 2.05) is 20.8 Å². The highest BCUT2D eigenvalue weighted by atomic mass is 16.3. The van der Waals surface area contributed by atoms with Crippen molar-refractivity contribution in [1.82, 2.24) is 4.57 Å². The second kappa shape index (κ2) is 7.06. The number of ketones is 1. The zero-order valence-corrected chi connectivity index (χ0v) is 18.8. The van der Waals surface area contributed by atoms with Gasteiger partial charge in [0.05, 0.1) is 11.1 Å². The monoisotopic (exact) mass is 454 g/mol. The summed E-state index contributed by atoms with van der Waals surface area (Å²) in [6, 6.07) is 14.9. The molecule has 1 spiro atoms. The Kier molecular flexibility index (Phi) is 4.46. The molecule has 3 aromatic rings. The van der Waals surface area contributed by atoms with Crippen LogP contribution in [0.3, 0.4) is 0 Å². The summed E-state index contributed by atoms with van der Waals surface area (Å²) in [6.07, 6.45) is 1.60. The van der Waals surface area contributed by atoms with Crippen molar-refractivity contribution in [2.75, 3.05) is 10.6 Å². The van der Waals surface area contributed by atoms with E-state index in [0.29, 0.717) is 17.1 Å². The number of fused-ring (bicyclic) bond motifs is 4. The molecule has 2 amide bonds. The Morgan fingerprint density at radius 2 is 1.76 bits per heavy atom. The van der Waals surface area contributed by atoms with Crippen LogP contribution in [0.25, 0.3) is 0 Å². The van der Waals surface area contributed by atoms with Crippen molar-refractivity contribution in [2.45, 2.75) is 31.7 Å². The number of hydrogen-bond acceptors (Lipinski definition) is 5. The van der Waals surface area contributed by atoms with Gasteiger partial charge in [0.25, 0.3) is 0 Å². The molecular formula is C26H22N4O4. The van der Waals surface area contributed by atoms with Crippen molar-refractivity contribution >= 4 is 29.1 Å². The lowest BCUT2D eigenvalue weighted by Gasteiger charge is -2.39. The largest absolute Gasteiger partial charge is 0.507 e.